The van der Waals surface area contributed by atoms with E-state index < -0.39 is 0 Å². The Kier molecular flexibility index (Phi) is 4.70. The molecule has 0 bridgehead atoms. The highest BCUT2D eigenvalue weighted by molar-refractivity contribution is 14.1. The summed E-state index contributed by atoms with van der Waals surface area (Å²) in [6.07, 6.45) is 8.80. The fourth-order valence-electron chi connectivity index (χ4n) is 1.76. The van der Waals surface area contributed by atoms with Crippen molar-refractivity contribution in [1.29, 1.82) is 0 Å². The third kappa shape index (κ3) is 3.19. The van der Waals surface area contributed by atoms with Crippen molar-refractivity contribution in [3.8, 4) is 0 Å². The van der Waals surface area contributed by atoms with Gasteiger partial charge in [-0.25, -0.2) is 0 Å². The highest BCUT2D eigenvalue weighted by Gasteiger charge is 2.13. The molecule has 0 unspecified atom stereocenters. The molecular formula is C8H16IN. The summed E-state index contributed by atoms with van der Waals surface area (Å²) in [4.78, 5) is 0. The monoisotopic (exact) mass is 253 g/mol. The van der Waals surface area contributed by atoms with Crippen LogP contribution < -0.4 is 3.53 Å². The largest absolute Gasteiger partial charge is 0.261 e. The number of hydrogen-bond acceptors (Lipinski definition) is 1. The van der Waals surface area contributed by atoms with Gasteiger partial charge in [0.25, 0.3) is 0 Å². The Morgan fingerprint density at radius 3 is 2.60 bits per heavy atom. The normalized spacial score (nSPS) is 20.1. The van der Waals surface area contributed by atoms with Crippen molar-refractivity contribution in [1.82, 2.24) is 3.53 Å². The summed E-state index contributed by atoms with van der Waals surface area (Å²) in [5, 5.41) is 0. The molecule has 1 saturated carbocycles. The molecule has 0 aromatic carbocycles. The topological polar surface area (TPSA) is 12.0 Å². The van der Waals surface area contributed by atoms with Crippen LogP contribution in [0.25, 0.3) is 0 Å². The van der Waals surface area contributed by atoms with E-state index in [1.54, 1.807) is 0 Å². The van der Waals surface area contributed by atoms with Crippen LogP contribution in [0.2, 0.25) is 0 Å². The molecule has 1 aliphatic carbocycles. The third-order valence-electron chi connectivity index (χ3n) is 2.36. The van der Waals surface area contributed by atoms with E-state index in [4.69, 9.17) is 0 Å². The highest BCUT2D eigenvalue weighted by atomic mass is 127. The predicted molar refractivity (Wildman–Crippen MR) is 53.2 cm³/mol. The zero-order valence-electron chi connectivity index (χ0n) is 6.41. The summed E-state index contributed by atoms with van der Waals surface area (Å²) >= 11 is 2.22. The van der Waals surface area contributed by atoms with Crippen LogP contribution in [-0.4, -0.2) is 6.54 Å². The summed E-state index contributed by atoms with van der Waals surface area (Å²) in [6.45, 7) is 1.19. The van der Waals surface area contributed by atoms with Gasteiger partial charge in [0.1, 0.15) is 0 Å². The standard InChI is InChI=1S/C8H16IN/c9-10-7-3-6-8-4-1-2-5-8/h8,10H,1-7H2. The Bertz CT molecular complexity index is 79.3. The Morgan fingerprint density at radius 2 is 2.00 bits per heavy atom. The minimum absolute atomic E-state index is 1.07. The van der Waals surface area contributed by atoms with Gasteiger partial charge < -0.3 is 0 Å². The second-order valence-corrected chi connectivity index (χ2v) is 3.94. The average molecular weight is 253 g/mol. The van der Waals surface area contributed by atoms with E-state index in [0.717, 1.165) is 5.92 Å². The first kappa shape index (κ1) is 8.78. The van der Waals surface area contributed by atoms with E-state index in [-0.39, 0.29) is 0 Å². The minimum Gasteiger partial charge on any atom is -0.261 e. The fourth-order valence-corrected chi connectivity index (χ4v) is 2.14. The van der Waals surface area contributed by atoms with Crippen LogP contribution in [0.1, 0.15) is 38.5 Å². The van der Waals surface area contributed by atoms with Gasteiger partial charge in [-0.05, 0) is 18.8 Å². The quantitative estimate of drug-likeness (QED) is 0.461. The molecule has 1 rings (SSSR count). The number of hydrogen-bond donors (Lipinski definition) is 1. The maximum atomic E-state index is 3.16. The molecule has 10 heavy (non-hydrogen) atoms. The van der Waals surface area contributed by atoms with Gasteiger partial charge >= 0.3 is 0 Å². The highest BCUT2D eigenvalue weighted by Crippen LogP contribution is 2.28. The Hall–Kier alpha value is 0.690. The number of halogens is 1. The van der Waals surface area contributed by atoms with Crippen LogP contribution in [0, 0.1) is 5.92 Å². The molecule has 1 N–H and O–H groups in total. The van der Waals surface area contributed by atoms with Gasteiger partial charge in [-0.3, -0.25) is 3.53 Å². The van der Waals surface area contributed by atoms with E-state index >= 15 is 0 Å². The summed E-state index contributed by atoms with van der Waals surface area (Å²) in [5.74, 6) is 1.07. The van der Waals surface area contributed by atoms with Crippen LogP contribution in [0.4, 0.5) is 0 Å². The molecule has 60 valence electrons. The predicted octanol–water partition coefficient (Wildman–Crippen LogP) is 2.90. The third-order valence-corrected chi connectivity index (χ3v) is 2.90. The van der Waals surface area contributed by atoms with Crippen molar-refractivity contribution >= 4 is 22.9 Å². The van der Waals surface area contributed by atoms with Gasteiger partial charge in [-0.2, -0.15) is 0 Å². The van der Waals surface area contributed by atoms with Crippen LogP contribution in [0.5, 0.6) is 0 Å². The van der Waals surface area contributed by atoms with Crippen molar-refractivity contribution in [2.75, 3.05) is 6.54 Å². The molecule has 0 heterocycles. The summed E-state index contributed by atoms with van der Waals surface area (Å²) in [5.41, 5.74) is 0. The van der Waals surface area contributed by atoms with E-state index in [2.05, 4.69) is 26.4 Å². The van der Waals surface area contributed by atoms with Crippen molar-refractivity contribution in [2.45, 2.75) is 38.5 Å². The molecular weight excluding hydrogens is 237 g/mol. The Balaban J connectivity index is 1.91. The van der Waals surface area contributed by atoms with Gasteiger partial charge in [-0.1, -0.05) is 25.7 Å². The van der Waals surface area contributed by atoms with Crippen LogP contribution in [0.15, 0.2) is 0 Å². The van der Waals surface area contributed by atoms with Crippen LogP contribution in [-0.2, 0) is 0 Å². The average Bonchev–Trinajstić information content (AvgIpc) is 2.41. The van der Waals surface area contributed by atoms with Gasteiger partial charge in [0, 0.05) is 29.4 Å². The van der Waals surface area contributed by atoms with Crippen LogP contribution in [0.3, 0.4) is 0 Å². The molecule has 0 aliphatic heterocycles. The molecule has 1 aliphatic rings. The zero-order chi connectivity index (χ0) is 7.23. The Morgan fingerprint density at radius 1 is 1.30 bits per heavy atom. The summed E-state index contributed by atoms with van der Waals surface area (Å²) in [6, 6.07) is 0. The van der Waals surface area contributed by atoms with Gasteiger partial charge in [0.05, 0.1) is 0 Å². The molecule has 0 saturated heterocycles. The van der Waals surface area contributed by atoms with Crippen LogP contribution >= 0.6 is 22.9 Å². The molecule has 1 nitrogen and oxygen atoms in total. The molecule has 0 aromatic rings. The molecule has 0 aromatic heterocycles. The lowest BCUT2D eigenvalue weighted by Crippen LogP contribution is -2.02. The van der Waals surface area contributed by atoms with E-state index in [1.165, 1.54) is 45.1 Å². The maximum absolute atomic E-state index is 3.16. The maximum Gasteiger partial charge on any atom is 0.0169 e. The summed E-state index contributed by atoms with van der Waals surface area (Å²) in [7, 11) is 0. The molecule has 0 spiro atoms. The van der Waals surface area contributed by atoms with Gasteiger partial charge in [0.2, 0.25) is 0 Å². The molecule has 0 amide bonds. The zero-order valence-corrected chi connectivity index (χ0v) is 8.56. The number of nitrogens with one attached hydrogen (secondary N) is 1. The van der Waals surface area contributed by atoms with E-state index in [1.807, 2.05) is 0 Å². The van der Waals surface area contributed by atoms with Gasteiger partial charge in [0.15, 0.2) is 0 Å². The lowest BCUT2D eigenvalue weighted by atomic mass is 10.0. The first-order valence-electron chi connectivity index (χ1n) is 4.27. The van der Waals surface area contributed by atoms with Crippen molar-refractivity contribution in [2.24, 2.45) is 5.92 Å². The SMILES string of the molecule is INCCCC1CCCC1. The van der Waals surface area contributed by atoms with Crippen molar-refractivity contribution < 1.29 is 0 Å². The minimum atomic E-state index is 1.07. The molecule has 0 atom stereocenters. The number of rotatable bonds is 4. The molecule has 0 radical (unpaired) electrons. The molecule has 1 fully saturated rings. The first-order chi connectivity index (χ1) is 4.93. The van der Waals surface area contributed by atoms with E-state index in [0.29, 0.717) is 0 Å². The lowest BCUT2D eigenvalue weighted by Gasteiger charge is -2.06. The second kappa shape index (κ2) is 5.35. The fraction of sp³-hybridized carbons (Fsp3) is 1.00. The molecule has 2 heteroatoms. The smallest absolute Gasteiger partial charge is 0.0169 e. The second-order valence-electron chi connectivity index (χ2n) is 3.18. The first-order valence-corrected chi connectivity index (χ1v) is 5.35. The summed E-state index contributed by atoms with van der Waals surface area (Å²) < 4.78 is 3.16. The van der Waals surface area contributed by atoms with Gasteiger partial charge in [-0.15, -0.1) is 0 Å². The van der Waals surface area contributed by atoms with E-state index in [9.17, 15) is 0 Å². The van der Waals surface area contributed by atoms with Crippen molar-refractivity contribution in [3.05, 3.63) is 0 Å². The Labute approximate surface area is 77.5 Å². The lowest BCUT2D eigenvalue weighted by molar-refractivity contribution is 0.485. The van der Waals surface area contributed by atoms with Crippen molar-refractivity contribution in [3.63, 3.8) is 0 Å².